The van der Waals surface area contributed by atoms with Crippen LogP contribution >= 0.6 is 0 Å². The molecule has 0 spiro atoms. The molecular formula is C22H28N2O7S. The molecule has 32 heavy (non-hydrogen) atoms. The van der Waals surface area contributed by atoms with Crippen molar-refractivity contribution in [3.05, 3.63) is 60.2 Å². The van der Waals surface area contributed by atoms with E-state index in [1.54, 1.807) is 30.3 Å². The van der Waals surface area contributed by atoms with E-state index in [0.29, 0.717) is 18.4 Å². The van der Waals surface area contributed by atoms with Gasteiger partial charge < -0.3 is 25.8 Å². The lowest BCUT2D eigenvalue weighted by Crippen LogP contribution is -2.75. The molecule has 0 unspecified atom stereocenters. The van der Waals surface area contributed by atoms with Crippen molar-refractivity contribution in [2.75, 3.05) is 6.61 Å². The summed E-state index contributed by atoms with van der Waals surface area (Å²) in [6.45, 7) is -0.732. The number of ether oxygens (including phenoxy) is 1. The maximum atomic E-state index is 13.7. The number of phenols is 1. The van der Waals surface area contributed by atoms with Gasteiger partial charge >= 0.3 is 6.09 Å². The van der Waals surface area contributed by atoms with Crippen LogP contribution in [0.15, 0.2) is 59.5 Å². The molecular weight excluding hydrogens is 436 g/mol. The van der Waals surface area contributed by atoms with Crippen molar-refractivity contribution in [2.45, 2.75) is 53.7 Å². The average Bonchev–Trinajstić information content (AvgIpc) is 3.26. The van der Waals surface area contributed by atoms with Crippen LogP contribution in [0.3, 0.4) is 0 Å². The first kappa shape index (κ1) is 24.0. The molecule has 1 saturated carbocycles. The molecule has 6 N–H and O–H groups in total. The SMILES string of the molecule is N[C@@](Cc1ccccc1)(NC(=O)O)[C@](O)(COC1CCCC1)S(=O)(=O)c1ccc(O)cc1. The first-order valence-corrected chi connectivity index (χ1v) is 11.8. The zero-order chi connectivity index (χ0) is 23.4. The molecule has 1 fully saturated rings. The molecule has 1 aliphatic carbocycles. The van der Waals surface area contributed by atoms with Crippen molar-refractivity contribution >= 4 is 15.9 Å². The van der Waals surface area contributed by atoms with Crippen LogP contribution in [0.25, 0.3) is 0 Å². The highest BCUT2D eigenvalue weighted by molar-refractivity contribution is 7.92. The predicted octanol–water partition coefficient (Wildman–Crippen LogP) is 1.98. The van der Waals surface area contributed by atoms with Gasteiger partial charge in [-0.25, -0.2) is 13.2 Å². The highest BCUT2D eigenvalue weighted by Gasteiger charge is 2.59. The summed E-state index contributed by atoms with van der Waals surface area (Å²) in [6.07, 6.45) is 1.07. The van der Waals surface area contributed by atoms with Crippen LogP contribution in [0.5, 0.6) is 5.75 Å². The number of benzene rings is 2. The number of hydrogen-bond acceptors (Lipinski definition) is 7. The summed E-state index contributed by atoms with van der Waals surface area (Å²) in [5.41, 5.74) is 4.56. The van der Waals surface area contributed by atoms with Crippen LogP contribution < -0.4 is 11.1 Å². The van der Waals surface area contributed by atoms with Crippen LogP contribution in [-0.2, 0) is 21.0 Å². The maximum absolute atomic E-state index is 13.7. The molecule has 3 rings (SSSR count). The lowest BCUT2D eigenvalue weighted by atomic mass is 9.94. The largest absolute Gasteiger partial charge is 0.508 e. The zero-order valence-electron chi connectivity index (χ0n) is 17.5. The first-order chi connectivity index (χ1) is 15.1. The summed E-state index contributed by atoms with van der Waals surface area (Å²) in [4.78, 5) is 8.47. The summed E-state index contributed by atoms with van der Waals surface area (Å²) in [6, 6.07) is 13.0. The molecule has 2 aromatic rings. The quantitative estimate of drug-likeness (QED) is 0.352. The van der Waals surface area contributed by atoms with Crippen LogP contribution in [0.2, 0.25) is 0 Å². The fourth-order valence-corrected chi connectivity index (χ4v) is 5.65. The van der Waals surface area contributed by atoms with Gasteiger partial charge in [-0.3, -0.25) is 5.32 Å². The molecule has 9 nitrogen and oxygen atoms in total. The zero-order valence-corrected chi connectivity index (χ0v) is 18.3. The number of phenolic OH excluding ortho intramolecular Hbond substituents is 1. The Hall–Kier alpha value is -2.66. The molecule has 2 aromatic carbocycles. The minimum absolute atomic E-state index is 0.165. The van der Waals surface area contributed by atoms with E-state index in [1.807, 2.05) is 5.32 Å². The number of carboxylic acid groups (broad SMARTS) is 1. The molecule has 0 radical (unpaired) electrons. The molecule has 0 heterocycles. The van der Waals surface area contributed by atoms with E-state index in [1.165, 1.54) is 0 Å². The first-order valence-electron chi connectivity index (χ1n) is 10.3. The number of rotatable bonds is 9. The predicted molar refractivity (Wildman–Crippen MR) is 117 cm³/mol. The number of hydrogen-bond donors (Lipinski definition) is 5. The van der Waals surface area contributed by atoms with Crippen molar-refractivity contribution < 1.29 is 33.3 Å². The second kappa shape index (κ2) is 9.45. The third-order valence-corrected chi connectivity index (χ3v) is 8.03. The highest BCUT2D eigenvalue weighted by atomic mass is 32.2. The van der Waals surface area contributed by atoms with Gasteiger partial charge in [-0.15, -0.1) is 0 Å². The summed E-state index contributed by atoms with van der Waals surface area (Å²) < 4.78 is 33.1. The van der Waals surface area contributed by atoms with Crippen LogP contribution in [0.4, 0.5) is 4.79 Å². The van der Waals surface area contributed by atoms with Crippen molar-refractivity contribution in [1.29, 1.82) is 0 Å². The van der Waals surface area contributed by atoms with E-state index in [-0.39, 0.29) is 23.2 Å². The van der Waals surface area contributed by atoms with Gasteiger partial charge in [0, 0.05) is 6.42 Å². The number of carbonyl (C=O) groups is 1. The highest BCUT2D eigenvalue weighted by Crippen LogP contribution is 2.35. The van der Waals surface area contributed by atoms with E-state index in [0.717, 1.165) is 37.1 Å². The van der Waals surface area contributed by atoms with Crippen LogP contribution in [-0.4, -0.2) is 53.1 Å². The Morgan fingerprint density at radius 1 is 1.09 bits per heavy atom. The molecule has 0 aromatic heterocycles. The second-order valence-corrected chi connectivity index (χ2v) is 10.2. The Bertz CT molecular complexity index is 1020. The van der Waals surface area contributed by atoms with Gasteiger partial charge in [-0.1, -0.05) is 43.2 Å². The van der Waals surface area contributed by atoms with Gasteiger partial charge in [-0.05, 0) is 42.7 Å². The fourth-order valence-electron chi connectivity index (χ4n) is 3.94. The summed E-state index contributed by atoms with van der Waals surface area (Å²) in [7, 11) is -4.66. The Morgan fingerprint density at radius 3 is 2.25 bits per heavy atom. The number of nitrogens with two attached hydrogens (primary N) is 1. The molecule has 0 saturated heterocycles. The van der Waals surface area contributed by atoms with E-state index in [9.17, 15) is 28.5 Å². The fraction of sp³-hybridized carbons (Fsp3) is 0.409. The van der Waals surface area contributed by atoms with Gasteiger partial charge in [0.1, 0.15) is 11.4 Å². The van der Waals surface area contributed by atoms with E-state index in [2.05, 4.69) is 0 Å². The summed E-state index contributed by atoms with van der Waals surface area (Å²) in [5.74, 6) is -0.165. The smallest absolute Gasteiger partial charge is 0.406 e. The van der Waals surface area contributed by atoms with Crippen molar-refractivity contribution in [1.82, 2.24) is 5.32 Å². The second-order valence-electron chi connectivity index (χ2n) is 8.06. The Labute approximate surface area is 186 Å². The standard InChI is InChI=1S/C22H28N2O7S/c23-21(24-20(26)27,14-16-6-2-1-3-7-16)22(28,15-31-18-8-4-5-9-18)32(29,30)19-12-10-17(25)11-13-19/h1-3,6-7,10-13,18,24-25,28H,4-5,8-9,14-15,23H2,(H,26,27)/t21-,22-/m0/s1. The van der Waals surface area contributed by atoms with E-state index >= 15 is 0 Å². The third kappa shape index (κ3) is 4.88. The molecule has 10 heteroatoms. The van der Waals surface area contributed by atoms with Crippen molar-refractivity contribution in [3.63, 3.8) is 0 Å². The lowest BCUT2D eigenvalue weighted by molar-refractivity contribution is -0.0695. The van der Waals surface area contributed by atoms with Gasteiger partial charge in [0.05, 0.1) is 17.6 Å². The van der Waals surface area contributed by atoms with Crippen molar-refractivity contribution in [3.8, 4) is 5.75 Å². The monoisotopic (exact) mass is 464 g/mol. The van der Waals surface area contributed by atoms with Crippen LogP contribution in [0, 0.1) is 0 Å². The van der Waals surface area contributed by atoms with Crippen molar-refractivity contribution in [2.24, 2.45) is 5.73 Å². The topological polar surface area (TPSA) is 159 Å². The van der Waals surface area contributed by atoms with Gasteiger partial charge in [0.25, 0.3) is 0 Å². The number of aliphatic hydroxyl groups is 1. The lowest BCUT2D eigenvalue weighted by Gasteiger charge is -2.43. The van der Waals surface area contributed by atoms with E-state index in [4.69, 9.17) is 10.5 Å². The molecule has 0 bridgehead atoms. The van der Waals surface area contributed by atoms with Gasteiger partial charge in [-0.2, -0.15) is 0 Å². The number of aromatic hydroxyl groups is 1. The minimum Gasteiger partial charge on any atom is -0.508 e. The Morgan fingerprint density at radius 2 is 1.69 bits per heavy atom. The number of amides is 1. The molecule has 1 aliphatic rings. The van der Waals surface area contributed by atoms with Gasteiger partial charge in [0.15, 0.2) is 0 Å². The van der Waals surface area contributed by atoms with E-state index < -0.39 is 33.1 Å². The maximum Gasteiger partial charge on any atom is 0.406 e. The number of nitrogens with one attached hydrogen (secondary N) is 1. The third-order valence-electron chi connectivity index (χ3n) is 5.76. The van der Waals surface area contributed by atoms with Gasteiger partial charge in [0.2, 0.25) is 14.8 Å². The minimum atomic E-state index is -4.66. The Balaban J connectivity index is 2.10. The summed E-state index contributed by atoms with van der Waals surface area (Å²) in [5, 5.41) is 32.8. The molecule has 0 aliphatic heterocycles. The number of sulfone groups is 1. The Kier molecular flexibility index (Phi) is 7.09. The average molecular weight is 465 g/mol. The molecule has 1 amide bonds. The summed E-state index contributed by atoms with van der Waals surface area (Å²) >= 11 is 0. The molecule has 174 valence electrons. The molecule has 2 atom stereocenters. The normalized spacial score (nSPS) is 18.6. The van der Waals surface area contributed by atoms with Crippen LogP contribution in [0.1, 0.15) is 31.2 Å².